The van der Waals surface area contributed by atoms with Gasteiger partial charge in [0.1, 0.15) is 0 Å². The monoisotopic (exact) mass is 340 g/mol. The molecule has 1 aromatic carbocycles. The van der Waals surface area contributed by atoms with Crippen molar-refractivity contribution < 1.29 is 9.59 Å². The maximum Gasteiger partial charge on any atom is 0.225 e. The van der Waals surface area contributed by atoms with Crippen molar-refractivity contribution in [3.8, 4) is 0 Å². The van der Waals surface area contributed by atoms with E-state index < -0.39 is 0 Å². The summed E-state index contributed by atoms with van der Waals surface area (Å²) in [6.07, 6.45) is 5.95. The van der Waals surface area contributed by atoms with Gasteiger partial charge in [-0.15, -0.1) is 0 Å². The fraction of sp³-hybridized carbons (Fsp3) is 0.421. The van der Waals surface area contributed by atoms with Gasteiger partial charge in [-0.2, -0.15) is 5.10 Å². The molecule has 2 heterocycles. The predicted octanol–water partition coefficient (Wildman–Crippen LogP) is 2.14. The van der Waals surface area contributed by atoms with Crippen molar-refractivity contribution in [2.24, 2.45) is 0 Å². The van der Waals surface area contributed by atoms with Crippen LogP contribution in [0.5, 0.6) is 0 Å². The van der Waals surface area contributed by atoms with E-state index in [1.54, 1.807) is 6.20 Å². The highest BCUT2D eigenvalue weighted by Crippen LogP contribution is 2.24. The van der Waals surface area contributed by atoms with E-state index in [-0.39, 0.29) is 30.3 Å². The topological polar surface area (TPSA) is 67.2 Å². The van der Waals surface area contributed by atoms with Gasteiger partial charge in [0, 0.05) is 25.9 Å². The molecule has 3 rings (SSSR count). The number of likely N-dealkylation sites (tertiary alicyclic amines) is 1. The van der Waals surface area contributed by atoms with Crippen LogP contribution in [-0.2, 0) is 16.1 Å². The number of amides is 2. The average molecular weight is 340 g/mol. The Kier molecular flexibility index (Phi) is 5.48. The molecule has 6 heteroatoms. The molecule has 1 aliphatic rings. The molecule has 6 nitrogen and oxygen atoms in total. The van der Waals surface area contributed by atoms with Gasteiger partial charge >= 0.3 is 0 Å². The molecule has 2 amide bonds. The number of carbonyl (C=O) groups is 2. The van der Waals surface area contributed by atoms with Gasteiger partial charge in [0.05, 0.1) is 25.0 Å². The standard InChI is InChI=1S/C19H24N4O2/c1-15(24)21-18(16-7-3-2-4-8-16)13-19(25)23-12-5-9-17(23)14-22-11-6-10-20-22/h2-4,6-8,10-11,17-18H,5,9,12-14H2,1H3,(H,21,24)/t17-,18+/m1/s1. The molecule has 132 valence electrons. The van der Waals surface area contributed by atoms with Crippen LogP contribution in [0.25, 0.3) is 0 Å². The summed E-state index contributed by atoms with van der Waals surface area (Å²) in [7, 11) is 0. The van der Waals surface area contributed by atoms with Gasteiger partial charge in [-0.05, 0) is 24.5 Å². The maximum absolute atomic E-state index is 12.9. The predicted molar refractivity (Wildman–Crippen MR) is 94.6 cm³/mol. The van der Waals surface area contributed by atoms with E-state index in [1.165, 1.54) is 6.92 Å². The summed E-state index contributed by atoms with van der Waals surface area (Å²) >= 11 is 0. The molecule has 1 N–H and O–H groups in total. The Balaban J connectivity index is 1.68. The second kappa shape index (κ2) is 7.96. The van der Waals surface area contributed by atoms with Crippen LogP contribution in [0.3, 0.4) is 0 Å². The molecule has 2 aromatic rings. The van der Waals surface area contributed by atoms with Gasteiger partial charge in [0.2, 0.25) is 11.8 Å². The number of benzene rings is 1. The average Bonchev–Trinajstić information content (AvgIpc) is 3.27. The van der Waals surface area contributed by atoms with E-state index in [9.17, 15) is 9.59 Å². The molecule has 0 bridgehead atoms. The summed E-state index contributed by atoms with van der Waals surface area (Å²) in [6, 6.07) is 11.4. The van der Waals surface area contributed by atoms with E-state index in [0.29, 0.717) is 0 Å². The molecule has 2 atom stereocenters. The Hall–Kier alpha value is -2.63. The number of nitrogens with zero attached hydrogens (tertiary/aromatic N) is 3. The molecule has 1 fully saturated rings. The largest absolute Gasteiger partial charge is 0.349 e. The van der Waals surface area contributed by atoms with E-state index in [2.05, 4.69) is 10.4 Å². The third kappa shape index (κ3) is 4.47. The lowest BCUT2D eigenvalue weighted by atomic mass is 10.0. The maximum atomic E-state index is 12.9. The zero-order chi connectivity index (χ0) is 17.6. The normalized spacial score (nSPS) is 18.1. The van der Waals surface area contributed by atoms with E-state index in [0.717, 1.165) is 31.5 Å². The summed E-state index contributed by atoms with van der Waals surface area (Å²) in [4.78, 5) is 26.4. The molecule has 0 aliphatic carbocycles. The Morgan fingerprint density at radius 3 is 2.76 bits per heavy atom. The minimum absolute atomic E-state index is 0.0808. The third-order valence-corrected chi connectivity index (χ3v) is 4.61. The van der Waals surface area contributed by atoms with Crippen LogP contribution in [0.2, 0.25) is 0 Å². The molecule has 0 spiro atoms. The van der Waals surface area contributed by atoms with E-state index in [1.807, 2.05) is 52.2 Å². The lowest BCUT2D eigenvalue weighted by Crippen LogP contribution is -2.40. The molecule has 0 radical (unpaired) electrons. The number of rotatable bonds is 6. The van der Waals surface area contributed by atoms with E-state index in [4.69, 9.17) is 0 Å². The van der Waals surface area contributed by atoms with Crippen LogP contribution in [0.1, 0.15) is 37.8 Å². The minimum Gasteiger partial charge on any atom is -0.349 e. The van der Waals surface area contributed by atoms with Crippen LogP contribution in [-0.4, -0.2) is 39.1 Å². The lowest BCUT2D eigenvalue weighted by molar-refractivity contribution is -0.133. The third-order valence-electron chi connectivity index (χ3n) is 4.61. The number of hydrogen-bond acceptors (Lipinski definition) is 3. The molecular weight excluding hydrogens is 316 g/mol. The van der Waals surface area contributed by atoms with Crippen molar-refractivity contribution in [1.82, 2.24) is 20.0 Å². The van der Waals surface area contributed by atoms with Crippen LogP contribution < -0.4 is 5.32 Å². The highest BCUT2D eigenvalue weighted by atomic mass is 16.2. The molecular formula is C19H24N4O2. The van der Waals surface area contributed by atoms with Gasteiger partial charge in [0.25, 0.3) is 0 Å². The summed E-state index contributed by atoms with van der Waals surface area (Å²) in [6.45, 7) is 2.97. The van der Waals surface area contributed by atoms with Gasteiger partial charge in [-0.25, -0.2) is 0 Å². The number of hydrogen-bond donors (Lipinski definition) is 1. The highest BCUT2D eigenvalue weighted by Gasteiger charge is 2.30. The van der Waals surface area contributed by atoms with E-state index >= 15 is 0 Å². The molecule has 0 saturated carbocycles. The second-order valence-electron chi connectivity index (χ2n) is 6.48. The Bertz CT molecular complexity index is 699. The molecule has 1 saturated heterocycles. The number of nitrogens with one attached hydrogen (secondary N) is 1. The molecule has 1 aliphatic heterocycles. The van der Waals surface area contributed by atoms with Crippen LogP contribution in [0, 0.1) is 0 Å². The van der Waals surface area contributed by atoms with Gasteiger partial charge < -0.3 is 10.2 Å². The first-order valence-corrected chi connectivity index (χ1v) is 8.72. The lowest BCUT2D eigenvalue weighted by Gasteiger charge is -2.27. The van der Waals surface area contributed by atoms with Gasteiger partial charge in [-0.3, -0.25) is 14.3 Å². The van der Waals surface area contributed by atoms with Crippen molar-refractivity contribution >= 4 is 11.8 Å². The molecule has 0 unspecified atom stereocenters. The Labute approximate surface area is 147 Å². The molecule has 1 aromatic heterocycles. The highest BCUT2D eigenvalue weighted by molar-refractivity contribution is 5.79. The fourth-order valence-electron chi connectivity index (χ4n) is 3.45. The van der Waals surface area contributed by atoms with Crippen molar-refractivity contribution in [2.45, 2.75) is 44.8 Å². The fourth-order valence-corrected chi connectivity index (χ4v) is 3.45. The number of aromatic nitrogens is 2. The SMILES string of the molecule is CC(=O)N[C@@H](CC(=O)N1CCC[C@@H]1Cn1cccn1)c1ccccc1. The number of carbonyl (C=O) groups excluding carboxylic acids is 2. The van der Waals surface area contributed by atoms with Crippen LogP contribution in [0.15, 0.2) is 48.8 Å². The minimum atomic E-state index is -0.294. The quantitative estimate of drug-likeness (QED) is 0.876. The van der Waals surface area contributed by atoms with Gasteiger partial charge in [-0.1, -0.05) is 30.3 Å². The van der Waals surface area contributed by atoms with Crippen LogP contribution in [0.4, 0.5) is 0 Å². The molecule has 25 heavy (non-hydrogen) atoms. The Morgan fingerprint density at radius 2 is 2.08 bits per heavy atom. The van der Waals surface area contributed by atoms with Crippen molar-refractivity contribution in [2.75, 3.05) is 6.54 Å². The van der Waals surface area contributed by atoms with Crippen molar-refractivity contribution in [1.29, 1.82) is 0 Å². The van der Waals surface area contributed by atoms with Crippen molar-refractivity contribution in [3.63, 3.8) is 0 Å². The summed E-state index contributed by atoms with van der Waals surface area (Å²) in [5.74, 6) is -0.0478. The zero-order valence-electron chi connectivity index (χ0n) is 14.5. The van der Waals surface area contributed by atoms with Crippen LogP contribution >= 0.6 is 0 Å². The first-order chi connectivity index (χ1) is 12.1. The summed E-state index contributed by atoms with van der Waals surface area (Å²) in [5, 5.41) is 7.15. The van der Waals surface area contributed by atoms with Crippen molar-refractivity contribution in [3.05, 3.63) is 54.4 Å². The smallest absolute Gasteiger partial charge is 0.225 e. The Morgan fingerprint density at radius 1 is 1.28 bits per heavy atom. The second-order valence-corrected chi connectivity index (χ2v) is 6.48. The zero-order valence-corrected chi connectivity index (χ0v) is 14.5. The first kappa shape index (κ1) is 17.2. The van der Waals surface area contributed by atoms with Gasteiger partial charge in [0.15, 0.2) is 0 Å². The first-order valence-electron chi connectivity index (χ1n) is 8.72. The summed E-state index contributed by atoms with van der Waals surface area (Å²) < 4.78 is 1.87. The summed E-state index contributed by atoms with van der Waals surface area (Å²) in [5.41, 5.74) is 0.953.